The molecule has 0 aliphatic carbocycles. The van der Waals surface area contributed by atoms with Gasteiger partial charge in [0.2, 0.25) is 0 Å². The standard InChI is InChI=1S/C11H16ClNO2/c1-9-2-3-10(12)11(8-9)15-7-5-13-4-6-14/h2-3,8,13-14H,4-7H2,1H3. The highest BCUT2D eigenvalue weighted by molar-refractivity contribution is 6.32. The quantitative estimate of drug-likeness (QED) is 0.729. The molecular weight excluding hydrogens is 214 g/mol. The molecule has 0 aliphatic rings. The molecule has 3 nitrogen and oxygen atoms in total. The van der Waals surface area contributed by atoms with Gasteiger partial charge in [0.25, 0.3) is 0 Å². The molecule has 4 heteroatoms. The maximum absolute atomic E-state index is 8.54. The summed E-state index contributed by atoms with van der Waals surface area (Å²) in [7, 11) is 0. The van der Waals surface area contributed by atoms with Crippen LogP contribution in [-0.4, -0.2) is 31.4 Å². The number of aliphatic hydroxyl groups excluding tert-OH is 1. The number of halogens is 1. The lowest BCUT2D eigenvalue weighted by molar-refractivity contribution is 0.276. The summed E-state index contributed by atoms with van der Waals surface area (Å²) in [6.45, 7) is 3.97. The predicted octanol–water partition coefficient (Wildman–Crippen LogP) is 1.61. The van der Waals surface area contributed by atoms with E-state index in [0.717, 1.165) is 5.56 Å². The van der Waals surface area contributed by atoms with Crippen molar-refractivity contribution in [3.63, 3.8) is 0 Å². The number of rotatable bonds is 6. The topological polar surface area (TPSA) is 41.5 Å². The average Bonchev–Trinajstić information content (AvgIpc) is 2.23. The van der Waals surface area contributed by atoms with Crippen LogP contribution in [0.2, 0.25) is 5.02 Å². The van der Waals surface area contributed by atoms with E-state index in [1.165, 1.54) is 0 Å². The first-order chi connectivity index (χ1) is 7.24. The van der Waals surface area contributed by atoms with Crippen LogP contribution < -0.4 is 10.1 Å². The zero-order valence-electron chi connectivity index (χ0n) is 8.79. The third kappa shape index (κ3) is 4.51. The molecular formula is C11H16ClNO2. The zero-order chi connectivity index (χ0) is 11.1. The molecule has 0 saturated heterocycles. The summed E-state index contributed by atoms with van der Waals surface area (Å²) in [5, 5.41) is 12.2. The van der Waals surface area contributed by atoms with E-state index in [-0.39, 0.29) is 6.61 Å². The Morgan fingerprint density at radius 2 is 2.20 bits per heavy atom. The van der Waals surface area contributed by atoms with Gasteiger partial charge in [-0.05, 0) is 24.6 Å². The summed E-state index contributed by atoms with van der Waals surface area (Å²) < 4.78 is 5.49. The van der Waals surface area contributed by atoms with Gasteiger partial charge in [0.1, 0.15) is 12.4 Å². The van der Waals surface area contributed by atoms with Crippen LogP contribution in [0.5, 0.6) is 5.75 Å². The fraction of sp³-hybridized carbons (Fsp3) is 0.455. The summed E-state index contributed by atoms with van der Waals surface area (Å²) in [6.07, 6.45) is 0. The Hall–Kier alpha value is -0.770. The van der Waals surface area contributed by atoms with E-state index in [2.05, 4.69) is 5.32 Å². The smallest absolute Gasteiger partial charge is 0.138 e. The van der Waals surface area contributed by atoms with Crippen molar-refractivity contribution in [2.24, 2.45) is 0 Å². The lowest BCUT2D eigenvalue weighted by Crippen LogP contribution is -2.24. The molecule has 0 aromatic heterocycles. The maximum Gasteiger partial charge on any atom is 0.138 e. The van der Waals surface area contributed by atoms with Gasteiger partial charge < -0.3 is 15.2 Å². The Balaban J connectivity index is 2.33. The molecule has 0 amide bonds. The fourth-order valence-electron chi connectivity index (χ4n) is 1.16. The Kier molecular flexibility index (Phi) is 5.47. The molecule has 1 aromatic carbocycles. The molecule has 1 rings (SSSR count). The minimum atomic E-state index is 0.144. The van der Waals surface area contributed by atoms with E-state index in [9.17, 15) is 0 Å². The van der Waals surface area contributed by atoms with Gasteiger partial charge >= 0.3 is 0 Å². The minimum absolute atomic E-state index is 0.144. The molecule has 0 atom stereocenters. The van der Waals surface area contributed by atoms with Crippen LogP contribution in [0.4, 0.5) is 0 Å². The van der Waals surface area contributed by atoms with Gasteiger partial charge in [0.15, 0.2) is 0 Å². The van der Waals surface area contributed by atoms with Crippen LogP contribution in [0.1, 0.15) is 5.56 Å². The lowest BCUT2D eigenvalue weighted by Gasteiger charge is -2.09. The van der Waals surface area contributed by atoms with Crippen molar-refractivity contribution in [1.29, 1.82) is 0 Å². The average molecular weight is 230 g/mol. The first-order valence-corrected chi connectivity index (χ1v) is 5.32. The van der Waals surface area contributed by atoms with Gasteiger partial charge in [-0.1, -0.05) is 17.7 Å². The maximum atomic E-state index is 8.54. The third-order valence-corrected chi connectivity index (χ3v) is 2.22. The number of aryl methyl sites for hydroxylation is 1. The van der Waals surface area contributed by atoms with Crippen molar-refractivity contribution in [2.75, 3.05) is 26.3 Å². The van der Waals surface area contributed by atoms with E-state index >= 15 is 0 Å². The number of benzene rings is 1. The zero-order valence-corrected chi connectivity index (χ0v) is 9.55. The predicted molar refractivity (Wildman–Crippen MR) is 61.6 cm³/mol. The molecule has 0 bridgehead atoms. The summed E-state index contributed by atoms with van der Waals surface area (Å²) in [4.78, 5) is 0. The van der Waals surface area contributed by atoms with Crippen LogP contribution in [0.25, 0.3) is 0 Å². The minimum Gasteiger partial charge on any atom is -0.491 e. The number of nitrogens with one attached hydrogen (secondary N) is 1. The first kappa shape index (κ1) is 12.3. The summed E-state index contributed by atoms with van der Waals surface area (Å²) in [6, 6.07) is 5.68. The van der Waals surface area contributed by atoms with Crippen LogP contribution >= 0.6 is 11.6 Å². The van der Waals surface area contributed by atoms with Crippen molar-refractivity contribution in [3.05, 3.63) is 28.8 Å². The van der Waals surface area contributed by atoms with Crippen molar-refractivity contribution in [1.82, 2.24) is 5.32 Å². The van der Waals surface area contributed by atoms with Gasteiger partial charge in [0.05, 0.1) is 11.6 Å². The summed E-state index contributed by atoms with van der Waals surface area (Å²) >= 11 is 5.95. The van der Waals surface area contributed by atoms with Crippen LogP contribution in [0.3, 0.4) is 0 Å². The van der Waals surface area contributed by atoms with Crippen molar-refractivity contribution in [2.45, 2.75) is 6.92 Å². The van der Waals surface area contributed by atoms with Crippen molar-refractivity contribution in [3.8, 4) is 5.75 Å². The van der Waals surface area contributed by atoms with E-state index in [4.69, 9.17) is 21.4 Å². The van der Waals surface area contributed by atoms with Gasteiger partial charge in [0, 0.05) is 13.1 Å². The molecule has 15 heavy (non-hydrogen) atoms. The van der Waals surface area contributed by atoms with Crippen molar-refractivity contribution >= 4 is 11.6 Å². The molecule has 0 radical (unpaired) electrons. The molecule has 0 spiro atoms. The molecule has 2 N–H and O–H groups in total. The fourth-order valence-corrected chi connectivity index (χ4v) is 1.33. The lowest BCUT2D eigenvalue weighted by atomic mass is 10.2. The van der Waals surface area contributed by atoms with Crippen molar-refractivity contribution < 1.29 is 9.84 Å². The van der Waals surface area contributed by atoms with Crippen LogP contribution in [0, 0.1) is 6.92 Å². The SMILES string of the molecule is Cc1ccc(Cl)c(OCCNCCO)c1. The van der Waals surface area contributed by atoms with Crippen LogP contribution in [0.15, 0.2) is 18.2 Å². The van der Waals surface area contributed by atoms with Crippen LogP contribution in [-0.2, 0) is 0 Å². The van der Waals surface area contributed by atoms with E-state index in [1.54, 1.807) is 0 Å². The summed E-state index contributed by atoms with van der Waals surface area (Å²) in [5.74, 6) is 0.711. The number of hydrogen-bond donors (Lipinski definition) is 2. The number of ether oxygens (including phenoxy) is 1. The number of aliphatic hydroxyl groups is 1. The third-order valence-electron chi connectivity index (χ3n) is 1.91. The first-order valence-electron chi connectivity index (χ1n) is 4.94. The second-order valence-electron chi connectivity index (χ2n) is 3.26. The van der Waals surface area contributed by atoms with Gasteiger partial charge in [-0.3, -0.25) is 0 Å². The second kappa shape index (κ2) is 6.67. The molecule has 0 heterocycles. The largest absolute Gasteiger partial charge is 0.491 e. The van der Waals surface area contributed by atoms with E-state index in [0.29, 0.717) is 30.5 Å². The Bertz CT molecular complexity index is 305. The second-order valence-corrected chi connectivity index (χ2v) is 3.66. The Morgan fingerprint density at radius 1 is 1.40 bits per heavy atom. The Morgan fingerprint density at radius 3 is 2.93 bits per heavy atom. The van der Waals surface area contributed by atoms with Gasteiger partial charge in [-0.25, -0.2) is 0 Å². The van der Waals surface area contributed by atoms with E-state index < -0.39 is 0 Å². The molecule has 0 fully saturated rings. The highest BCUT2D eigenvalue weighted by Gasteiger charge is 2.00. The highest BCUT2D eigenvalue weighted by atomic mass is 35.5. The molecule has 84 valence electrons. The summed E-state index contributed by atoms with van der Waals surface area (Å²) in [5.41, 5.74) is 1.12. The molecule has 0 unspecified atom stereocenters. The Labute approximate surface area is 95.0 Å². The molecule has 1 aromatic rings. The molecule has 0 aliphatic heterocycles. The number of hydrogen-bond acceptors (Lipinski definition) is 3. The monoisotopic (exact) mass is 229 g/mol. The normalized spacial score (nSPS) is 10.3. The van der Waals surface area contributed by atoms with E-state index in [1.807, 2.05) is 25.1 Å². The van der Waals surface area contributed by atoms with Gasteiger partial charge in [-0.15, -0.1) is 0 Å². The molecule has 0 saturated carbocycles. The highest BCUT2D eigenvalue weighted by Crippen LogP contribution is 2.24. The van der Waals surface area contributed by atoms with Gasteiger partial charge in [-0.2, -0.15) is 0 Å².